The third kappa shape index (κ3) is 3.27. The SMILES string of the molecule is Cc1cc(C)c(CN)c(N2CCCC(C)(C)CC2)n1. The maximum absolute atomic E-state index is 5.93. The van der Waals surface area contributed by atoms with Gasteiger partial charge in [-0.05, 0) is 50.2 Å². The second kappa shape index (κ2) is 5.49. The van der Waals surface area contributed by atoms with Crippen LogP contribution in [0.3, 0.4) is 0 Å². The fourth-order valence-electron chi connectivity index (χ4n) is 2.99. The third-order valence-electron chi connectivity index (χ3n) is 4.30. The maximum Gasteiger partial charge on any atom is 0.133 e. The van der Waals surface area contributed by atoms with Crippen molar-refractivity contribution in [2.45, 2.75) is 53.5 Å². The minimum Gasteiger partial charge on any atom is -0.356 e. The highest BCUT2D eigenvalue weighted by atomic mass is 15.2. The van der Waals surface area contributed by atoms with Crippen LogP contribution in [-0.2, 0) is 6.54 Å². The van der Waals surface area contributed by atoms with E-state index >= 15 is 0 Å². The smallest absolute Gasteiger partial charge is 0.133 e. The molecule has 0 spiro atoms. The highest BCUT2D eigenvalue weighted by Crippen LogP contribution is 2.32. The molecule has 1 aromatic rings. The normalized spacial score (nSPS) is 19.3. The fourth-order valence-corrected chi connectivity index (χ4v) is 2.99. The molecule has 2 heterocycles. The first kappa shape index (κ1) is 14.3. The molecule has 0 aliphatic carbocycles. The van der Waals surface area contributed by atoms with E-state index in [-0.39, 0.29) is 0 Å². The van der Waals surface area contributed by atoms with Crippen molar-refractivity contribution in [3.8, 4) is 0 Å². The van der Waals surface area contributed by atoms with Crippen LogP contribution in [0, 0.1) is 19.3 Å². The number of aromatic nitrogens is 1. The molecule has 0 atom stereocenters. The van der Waals surface area contributed by atoms with E-state index in [1.807, 2.05) is 0 Å². The zero-order valence-corrected chi connectivity index (χ0v) is 12.8. The van der Waals surface area contributed by atoms with Crippen LogP contribution in [0.25, 0.3) is 0 Å². The van der Waals surface area contributed by atoms with Gasteiger partial charge in [-0.2, -0.15) is 0 Å². The van der Waals surface area contributed by atoms with E-state index in [4.69, 9.17) is 10.7 Å². The van der Waals surface area contributed by atoms with Gasteiger partial charge in [0.2, 0.25) is 0 Å². The lowest BCUT2D eigenvalue weighted by Crippen LogP contribution is -2.28. The largest absolute Gasteiger partial charge is 0.356 e. The van der Waals surface area contributed by atoms with Crippen LogP contribution in [0.1, 0.15) is 49.9 Å². The Kier molecular flexibility index (Phi) is 4.14. The van der Waals surface area contributed by atoms with Crippen molar-refractivity contribution in [2.24, 2.45) is 11.1 Å². The quantitative estimate of drug-likeness (QED) is 0.889. The van der Waals surface area contributed by atoms with Gasteiger partial charge in [-0.25, -0.2) is 4.98 Å². The van der Waals surface area contributed by atoms with Crippen LogP contribution in [0.4, 0.5) is 5.82 Å². The van der Waals surface area contributed by atoms with Crippen molar-refractivity contribution in [3.63, 3.8) is 0 Å². The summed E-state index contributed by atoms with van der Waals surface area (Å²) in [7, 11) is 0. The Morgan fingerprint density at radius 2 is 2.00 bits per heavy atom. The second-order valence-corrected chi connectivity index (χ2v) is 6.59. The van der Waals surface area contributed by atoms with Gasteiger partial charge >= 0.3 is 0 Å². The van der Waals surface area contributed by atoms with Crippen molar-refractivity contribution in [3.05, 3.63) is 22.9 Å². The summed E-state index contributed by atoms with van der Waals surface area (Å²) in [6.07, 6.45) is 3.77. The Morgan fingerprint density at radius 3 is 2.68 bits per heavy atom. The molecule has 0 saturated carbocycles. The molecule has 0 unspecified atom stereocenters. The van der Waals surface area contributed by atoms with E-state index in [1.165, 1.54) is 30.4 Å². The van der Waals surface area contributed by atoms with Crippen LogP contribution in [0.2, 0.25) is 0 Å². The molecule has 1 fully saturated rings. The van der Waals surface area contributed by atoms with Crippen molar-refractivity contribution >= 4 is 5.82 Å². The van der Waals surface area contributed by atoms with E-state index in [0.717, 1.165) is 24.6 Å². The van der Waals surface area contributed by atoms with Gasteiger partial charge in [0.15, 0.2) is 0 Å². The zero-order valence-electron chi connectivity index (χ0n) is 12.8. The number of aryl methyl sites for hydroxylation is 2. The van der Waals surface area contributed by atoms with Crippen molar-refractivity contribution in [1.82, 2.24) is 4.98 Å². The summed E-state index contributed by atoms with van der Waals surface area (Å²) >= 11 is 0. The molecule has 106 valence electrons. The molecule has 3 nitrogen and oxygen atoms in total. The number of anilines is 1. The van der Waals surface area contributed by atoms with Gasteiger partial charge in [-0.3, -0.25) is 0 Å². The molecular weight excluding hydrogens is 234 g/mol. The van der Waals surface area contributed by atoms with E-state index < -0.39 is 0 Å². The highest BCUT2D eigenvalue weighted by molar-refractivity contribution is 5.51. The lowest BCUT2D eigenvalue weighted by Gasteiger charge is -2.26. The first-order valence-corrected chi connectivity index (χ1v) is 7.35. The van der Waals surface area contributed by atoms with Gasteiger partial charge in [-0.15, -0.1) is 0 Å². The van der Waals surface area contributed by atoms with E-state index in [1.54, 1.807) is 0 Å². The minimum absolute atomic E-state index is 0.455. The standard InChI is InChI=1S/C16H27N3/c1-12-10-13(2)18-15(14(12)11-17)19-8-5-6-16(3,4)7-9-19/h10H,5-9,11,17H2,1-4H3. The number of pyridine rings is 1. The second-order valence-electron chi connectivity index (χ2n) is 6.59. The summed E-state index contributed by atoms with van der Waals surface area (Å²) in [5.41, 5.74) is 9.96. The van der Waals surface area contributed by atoms with Crippen LogP contribution >= 0.6 is 0 Å². The Hall–Kier alpha value is -1.09. The molecule has 1 aromatic heterocycles. The molecule has 0 bridgehead atoms. The van der Waals surface area contributed by atoms with Crippen LogP contribution in [0.15, 0.2) is 6.07 Å². The Labute approximate surface area is 117 Å². The third-order valence-corrected chi connectivity index (χ3v) is 4.30. The van der Waals surface area contributed by atoms with Gasteiger partial charge in [0.1, 0.15) is 5.82 Å². The lowest BCUT2D eigenvalue weighted by molar-refractivity contribution is 0.325. The van der Waals surface area contributed by atoms with Gasteiger partial charge in [0, 0.05) is 30.9 Å². The van der Waals surface area contributed by atoms with Gasteiger partial charge in [0.05, 0.1) is 0 Å². The van der Waals surface area contributed by atoms with Gasteiger partial charge in [-0.1, -0.05) is 13.8 Å². The number of hydrogen-bond acceptors (Lipinski definition) is 3. The summed E-state index contributed by atoms with van der Waals surface area (Å²) in [6, 6.07) is 2.13. The number of nitrogens with zero attached hydrogens (tertiary/aromatic N) is 2. The topological polar surface area (TPSA) is 42.1 Å². The number of rotatable bonds is 2. The Morgan fingerprint density at radius 1 is 1.26 bits per heavy atom. The Bertz CT molecular complexity index is 452. The Balaban J connectivity index is 2.31. The molecule has 1 saturated heterocycles. The molecule has 2 rings (SSSR count). The fraction of sp³-hybridized carbons (Fsp3) is 0.688. The van der Waals surface area contributed by atoms with Crippen LogP contribution < -0.4 is 10.6 Å². The lowest BCUT2D eigenvalue weighted by atomic mass is 9.85. The molecule has 19 heavy (non-hydrogen) atoms. The van der Waals surface area contributed by atoms with Crippen LogP contribution in [-0.4, -0.2) is 18.1 Å². The average molecular weight is 261 g/mol. The summed E-state index contributed by atoms with van der Waals surface area (Å²) in [4.78, 5) is 7.21. The van der Waals surface area contributed by atoms with E-state index in [0.29, 0.717) is 12.0 Å². The first-order valence-electron chi connectivity index (χ1n) is 7.35. The van der Waals surface area contributed by atoms with Crippen molar-refractivity contribution < 1.29 is 0 Å². The molecule has 1 aliphatic rings. The van der Waals surface area contributed by atoms with Gasteiger partial charge in [0.25, 0.3) is 0 Å². The molecule has 0 aromatic carbocycles. The van der Waals surface area contributed by atoms with Crippen LogP contribution in [0.5, 0.6) is 0 Å². The summed E-state index contributed by atoms with van der Waals surface area (Å²) in [5, 5.41) is 0. The number of hydrogen-bond donors (Lipinski definition) is 1. The molecular formula is C16H27N3. The molecule has 0 amide bonds. The number of nitrogens with two attached hydrogens (primary N) is 1. The van der Waals surface area contributed by atoms with E-state index in [9.17, 15) is 0 Å². The summed E-state index contributed by atoms with van der Waals surface area (Å²) in [6.45, 7) is 11.7. The van der Waals surface area contributed by atoms with E-state index in [2.05, 4.69) is 38.7 Å². The predicted molar refractivity (Wildman–Crippen MR) is 81.4 cm³/mol. The maximum atomic E-state index is 5.93. The molecule has 3 heteroatoms. The summed E-state index contributed by atoms with van der Waals surface area (Å²) < 4.78 is 0. The molecule has 2 N–H and O–H groups in total. The predicted octanol–water partition coefficient (Wildman–Crippen LogP) is 3.17. The average Bonchev–Trinajstić information content (AvgIpc) is 2.49. The monoisotopic (exact) mass is 261 g/mol. The first-order chi connectivity index (χ1) is 8.93. The van der Waals surface area contributed by atoms with Crippen molar-refractivity contribution in [2.75, 3.05) is 18.0 Å². The zero-order chi connectivity index (χ0) is 14.0. The summed E-state index contributed by atoms with van der Waals surface area (Å²) in [5.74, 6) is 1.12. The highest BCUT2D eigenvalue weighted by Gasteiger charge is 2.25. The van der Waals surface area contributed by atoms with Crippen molar-refractivity contribution in [1.29, 1.82) is 0 Å². The minimum atomic E-state index is 0.455. The molecule has 0 radical (unpaired) electrons. The van der Waals surface area contributed by atoms with Gasteiger partial charge < -0.3 is 10.6 Å². The molecule has 1 aliphatic heterocycles.